The quantitative estimate of drug-likeness (QED) is 0.119. The van der Waals surface area contributed by atoms with Crippen molar-refractivity contribution in [3.8, 4) is 0 Å². The molecule has 0 amide bonds. The maximum absolute atomic E-state index is 14.0. The van der Waals surface area contributed by atoms with Crippen molar-refractivity contribution in [3.63, 3.8) is 0 Å². The molecule has 4 nitrogen and oxygen atoms in total. The van der Waals surface area contributed by atoms with Crippen molar-refractivity contribution in [1.29, 1.82) is 0 Å². The minimum absolute atomic E-state index is 0.0374. The van der Waals surface area contributed by atoms with E-state index in [1.54, 1.807) is 29.5 Å². The maximum Gasteiger partial charge on any atom is 0.343 e. The lowest BCUT2D eigenvalue weighted by Crippen LogP contribution is -2.31. The fourth-order valence-corrected chi connectivity index (χ4v) is 2.71. The number of hydrogen-bond acceptors (Lipinski definition) is 4. The topological polar surface area (TPSA) is 55.4 Å². The first-order valence-electron chi connectivity index (χ1n) is 8.05. The number of rotatable bonds is 8. The van der Waals surface area contributed by atoms with Crippen molar-refractivity contribution in [2.75, 3.05) is 6.61 Å². The number of benzene rings is 1. The molecule has 1 rings (SSSR count). The average Bonchev–Trinajstić information content (AvgIpc) is 2.54. The molecule has 1 aromatic rings. The summed E-state index contributed by atoms with van der Waals surface area (Å²) in [4.78, 5) is 24.8. The highest BCUT2D eigenvalue weighted by Crippen LogP contribution is 2.20. The number of ether oxygens (including phenoxy) is 1. The first-order valence-corrected chi connectivity index (χ1v) is 9.13. The standard InChI is InChI=1S/C18H22F2INO3/c1-5-16(10(3)4)22-9-12(18(24)25-6-2)17(23)11-7-15(21)14(20)8-13(11)19/h7-10,16,22H,5-6H2,1-4H3/t16-/m1/s1. The molecule has 0 saturated carbocycles. The molecule has 0 bridgehead atoms. The summed E-state index contributed by atoms with van der Waals surface area (Å²) in [6.45, 7) is 7.66. The van der Waals surface area contributed by atoms with Crippen LogP contribution in [0.1, 0.15) is 44.5 Å². The molecule has 0 fully saturated rings. The van der Waals surface area contributed by atoms with Gasteiger partial charge >= 0.3 is 5.97 Å². The highest BCUT2D eigenvalue weighted by atomic mass is 127. The van der Waals surface area contributed by atoms with Gasteiger partial charge in [-0.15, -0.1) is 0 Å². The van der Waals surface area contributed by atoms with Gasteiger partial charge in [0.05, 0.1) is 12.2 Å². The highest BCUT2D eigenvalue weighted by Gasteiger charge is 2.25. The molecule has 0 aliphatic rings. The molecule has 0 aromatic heterocycles. The van der Waals surface area contributed by atoms with E-state index in [0.717, 1.165) is 12.5 Å². The Morgan fingerprint density at radius 3 is 2.40 bits per heavy atom. The normalized spacial score (nSPS) is 12.9. The van der Waals surface area contributed by atoms with Crippen molar-refractivity contribution in [2.24, 2.45) is 5.92 Å². The third kappa shape index (κ3) is 5.76. The molecule has 0 heterocycles. The Labute approximate surface area is 160 Å². The Balaban J connectivity index is 3.26. The molecule has 1 aromatic carbocycles. The van der Waals surface area contributed by atoms with E-state index in [-0.39, 0.29) is 33.3 Å². The van der Waals surface area contributed by atoms with E-state index in [0.29, 0.717) is 6.07 Å². The van der Waals surface area contributed by atoms with Crippen LogP contribution in [0, 0.1) is 21.1 Å². The number of ketones is 1. The Hall–Kier alpha value is -1.51. The van der Waals surface area contributed by atoms with Gasteiger partial charge in [0.2, 0.25) is 5.78 Å². The van der Waals surface area contributed by atoms with Crippen molar-refractivity contribution in [3.05, 3.63) is 44.7 Å². The van der Waals surface area contributed by atoms with Crippen LogP contribution in [0.3, 0.4) is 0 Å². The molecule has 0 aliphatic carbocycles. The first-order chi connectivity index (χ1) is 11.7. The lowest BCUT2D eigenvalue weighted by molar-refractivity contribution is -0.138. The molecular weight excluding hydrogens is 443 g/mol. The monoisotopic (exact) mass is 465 g/mol. The number of esters is 1. The highest BCUT2D eigenvalue weighted by molar-refractivity contribution is 14.1. The van der Waals surface area contributed by atoms with Crippen LogP contribution in [-0.2, 0) is 9.53 Å². The molecular formula is C18H22F2INO3. The molecule has 0 radical (unpaired) electrons. The molecule has 25 heavy (non-hydrogen) atoms. The fraction of sp³-hybridized carbons (Fsp3) is 0.444. The number of carbonyl (C=O) groups excluding carboxylic acids is 2. The molecule has 1 atom stereocenters. The predicted octanol–water partition coefficient (Wildman–Crippen LogP) is 4.22. The van der Waals surface area contributed by atoms with Crippen LogP contribution in [0.25, 0.3) is 0 Å². The minimum Gasteiger partial charge on any atom is -0.462 e. The molecule has 1 N–H and O–H groups in total. The van der Waals surface area contributed by atoms with E-state index in [9.17, 15) is 18.4 Å². The van der Waals surface area contributed by atoms with Crippen LogP contribution < -0.4 is 5.32 Å². The fourth-order valence-electron chi connectivity index (χ4n) is 2.24. The summed E-state index contributed by atoms with van der Waals surface area (Å²) in [5.41, 5.74) is -0.688. The van der Waals surface area contributed by atoms with E-state index in [4.69, 9.17) is 4.74 Å². The summed E-state index contributed by atoms with van der Waals surface area (Å²) in [5.74, 6) is -3.21. The number of carbonyl (C=O) groups is 2. The van der Waals surface area contributed by atoms with Crippen LogP contribution in [-0.4, -0.2) is 24.4 Å². The Kier molecular flexibility index (Phi) is 8.47. The van der Waals surface area contributed by atoms with Crippen molar-refractivity contribution >= 4 is 34.3 Å². The molecule has 7 heteroatoms. The largest absolute Gasteiger partial charge is 0.462 e. The smallest absolute Gasteiger partial charge is 0.343 e. The Bertz CT molecular complexity index is 675. The number of nitrogens with one attached hydrogen (secondary N) is 1. The zero-order valence-corrected chi connectivity index (χ0v) is 16.8. The Morgan fingerprint density at radius 2 is 1.88 bits per heavy atom. The third-order valence-corrected chi connectivity index (χ3v) is 4.51. The van der Waals surface area contributed by atoms with Gasteiger partial charge in [0.15, 0.2) is 0 Å². The summed E-state index contributed by atoms with van der Waals surface area (Å²) < 4.78 is 32.4. The zero-order chi connectivity index (χ0) is 19.1. The van der Waals surface area contributed by atoms with Gasteiger partial charge in [0, 0.05) is 21.9 Å². The van der Waals surface area contributed by atoms with E-state index in [1.807, 2.05) is 20.8 Å². The average molecular weight is 465 g/mol. The van der Waals surface area contributed by atoms with Crippen molar-refractivity contribution in [1.82, 2.24) is 5.32 Å². The van der Waals surface area contributed by atoms with Crippen molar-refractivity contribution in [2.45, 2.75) is 40.2 Å². The summed E-state index contributed by atoms with van der Waals surface area (Å²) in [6.07, 6.45) is 2.05. The summed E-state index contributed by atoms with van der Waals surface area (Å²) in [5, 5.41) is 3.02. The molecule has 138 valence electrons. The van der Waals surface area contributed by atoms with Crippen LogP contribution in [0.5, 0.6) is 0 Å². The molecule has 0 aliphatic heterocycles. The van der Waals surface area contributed by atoms with Gasteiger partial charge in [0.1, 0.15) is 17.2 Å². The first kappa shape index (κ1) is 21.5. The van der Waals surface area contributed by atoms with Gasteiger partial charge in [-0.25, -0.2) is 13.6 Å². The lowest BCUT2D eigenvalue weighted by Gasteiger charge is -2.20. The number of Topliss-reactive ketones (excluding diaryl/α,β-unsaturated/α-hetero) is 1. The second-order valence-electron chi connectivity index (χ2n) is 5.78. The van der Waals surface area contributed by atoms with E-state index in [1.165, 1.54) is 6.20 Å². The lowest BCUT2D eigenvalue weighted by atomic mass is 10.0. The molecule has 0 unspecified atom stereocenters. The van der Waals surface area contributed by atoms with E-state index < -0.39 is 23.4 Å². The maximum atomic E-state index is 14.0. The summed E-state index contributed by atoms with van der Waals surface area (Å²) in [6, 6.07) is 1.75. The van der Waals surface area contributed by atoms with Gasteiger partial charge in [-0.2, -0.15) is 0 Å². The third-order valence-electron chi connectivity index (χ3n) is 3.68. The molecule has 0 spiro atoms. The summed E-state index contributed by atoms with van der Waals surface area (Å²) in [7, 11) is 0. The second kappa shape index (κ2) is 9.84. The van der Waals surface area contributed by atoms with Gasteiger partial charge in [-0.1, -0.05) is 20.8 Å². The van der Waals surface area contributed by atoms with Gasteiger partial charge in [-0.05, 0) is 47.9 Å². The summed E-state index contributed by atoms with van der Waals surface area (Å²) >= 11 is 1.66. The number of halogens is 3. The van der Waals surface area contributed by atoms with Crippen LogP contribution >= 0.6 is 22.6 Å². The van der Waals surface area contributed by atoms with E-state index >= 15 is 0 Å². The predicted molar refractivity (Wildman–Crippen MR) is 100 cm³/mol. The van der Waals surface area contributed by atoms with Gasteiger partial charge < -0.3 is 10.1 Å². The van der Waals surface area contributed by atoms with Crippen LogP contribution in [0.4, 0.5) is 8.78 Å². The van der Waals surface area contributed by atoms with E-state index in [2.05, 4.69) is 5.32 Å². The van der Waals surface area contributed by atoms with Crippen LogP contribution in [0.15, 0.2) is 23.9 Å². The van der Waals surface area contributed by atoms with Gasteiger partial charge in [0.25, 0.3) is 0 Å². The molecule has 0 saturated heterocycles. The van der Waals surface area contributed by atoms with Crippen molar-refractivity contribution < 1.29 is 23.1 Å². The Morgan fingerprint density at radius 1 is 1.24 bits per heavy atom. The van der Waals surface area contributed by atoms with Gasteiger partial charge in [-0.3, -0.25) is 4.79 Å². The minimum atomic E-state index is -1.02. The second-order valence-corrected chi connectivity index (χ2v) is 6.94. The SMILES string of the molecule is CCOC(=O)C(=CN[C@H](CC)C(C)C)C(=O)c1cc(I)c(F)cc1F. The number of hydrogen-bond donors (Lipinski definition) is 1. The zero-order valence-electron chi connectivity index (χ0n) is 14.7. The van der Waals surface area contributed by atoms with Crippen LogP contribution in [0.2, 0.25) is 0 Å².